The van der Waals surface area contributed by atoms with Gasteiger partial charge in [0, 0.05) is 37.4 Å². The highest BCUT2D eigenvalue weighted by molar-refractivity contribution is 6.17. The van der Waals surface area contributed by atoms with Gasteiger partial charge in [0.25, 0.3) is 0 Å². The van der Waals surface area contributed by atoms with Crippen molar-refractivity contribution in [3.05, 3.63) is 0 Å². The molecule has 1 aliphatic heterocycles. The number of alkyl halides is 1. The fraction of sp³-hybridized carbons (Fsp3) is 0.867. The third kappa shape index (κ3) is 5.31. The number of likely N-dealkylation sites (tertiary alicyclic amines) is 1. The van der Waals surface area contributed by atoms with E-state index in [1.165, 1.54) is 0 Å². The lowest BCUT2D eigenvalue weighted by Crippen LogP contribution is -2.48. The number of hydrogen-bond donors (Lipinski definition) is 1. The largest absolute Gasteiger partial charge is 0.353 e. The van der Waals surface area contributed by atoms with Gasteiger partial charge in [-0.25, -0.2) is 0 Å². The molecule has 0 atom stereocenters. The van der Waals surface area contributed by atoms with Gasteiger partial charge in [-0.3, -0.25) is 9.59 Å². The molecule has 0 aliphatic carbocycles. The summed E-state index contributed by atoms with van der Waals surface area (Å²) in [5.74, 6) is 1.04. The average Bonchev–Trinajstić information content (AvgIpc) is 2.47. The number of carbonyl (C=O) groups excluding carboxylic acids is 2. The van der Waals surface area contributed by atoms with E-state index in [1.54, 1.807) is 0 Å². The van der Waals surface area contributed by atoms with Crippen LogP contribution < -0.4 is 5.32 Å². The van der Waals surface area contributed by atoms with Crippen LogP contribution in [0.5, 0.6) is 0 Å². The molecule has 0 radical (unpaired) electrons. The second-order valence-corrected chi connectivity index (χ2v) is 5.85. The minimum Gasteiger partial charge on any atom is -0.353 e. The van der Waals surface area contributed by atoms with Crippen LogP contribution in [0, 0.1) is 5.92 Å². The second-order valence-electron chi connectivity index (χ2n) is 5.47. The topological polar surface area (TPSA) is 49.4 Å². The van der Waals surface area contributed by atoms with Gasteiger partial charge in [0.15, 0.2) is 0 Å². The van der Waals surface area contributed by atoms with Crippen LogP contribution in [0.4, 0.5) is 0 Å². The second kappa shape index (κ2) is 9.22. The summed E-state index contributed by atoms with van der Waals surface area (Å²) in [7, 11) is 0. The van der Waals surface area contributed by atoms with Crippen LogP contribution in [0.15, 0.2) is 0 Å². The first kappa shape index (κ1) is 17.3. The highest BCUT2D eigenvalue weighted by Gasteiger charge is 2.26. The Morgan fingerprint density at radius 1 is 1.25 bits per heavy atom. The van der Waals surface area contributed by atoms with Crippen molar-refractivity contribution in [1.82, 2.24) is 10.2 Å². The molecule has 1 rings (SSSR count). The number of halogens is 1. The molecule has 0 spiro atoms. The van der Waals surface area contributed by atoms with Gasteiger partial charge in [0.2, 0.25) is 11.8 Å². The SMILES string of the molecule is CCC(CC)C(=O)N1CCC(NC(=O)CCCCl)CC1. The summed E-state index contributed by atoms with van der Waals surface area (Å²) in [6.07, 6.45) is 4.75. The van der Waals surface area contributed by atoms with Crippen molar-refractivity contribution in [3.8, 4) is 0 Å². The quantitative estimate of drug-likeness (QED) is 0.735. The molecule has 1 saturated heterocycles. The van der Waals surface area contributed by atoms with Crippen LogP contribution in [0.3, 0.4) is 0 Å². The van der Waals surface area contributed by atoms with Gasteiger partial charge in [-0.1, -0.05) is 13.8 Å². The minimum absolute atomic E-state index is 0.0791. The van der Waals surface area contributed by atoms with Crippen molar-refractivity contribution in [2.24, 2.45) is 5.92 Å². The Hall–Kier alpha value is -0.770. The van der Waals surface area contributed by atoms with Crippen LogP contribution in [0.25, 0.3) is 0 Å². The summed E-state index contributed by atoms with van der Waals surface area (Å²) in [6.45, 7) is 5.65. The number of nitrogens with one attached hydrogen (secondary N) is 1. The van der Waals surface area contributed by atoms with Gasteiger partial charge in [0.05, 0.1) is 0 Å². The highest BCUT2D eigenvalue weighted by atomic mass is 35.5. The normalized spacial score (nSPS) is 16.5. The van der Waals surface area contributed by atoms with Crippen molar-refractivity contribution < 1.29 is 9.59 Å². The molecule has 1 N–H and O–H groups in total. The molecule has 0 saturated carbocycles. The number of rotatable bonds is 7. The number of piperidine rings is 1. The molecule has 0 bridgehead atoms. The Morgan fingerprint density at radius 2 is 1.85 bits per heavy atom. The van der Waals surface area contributed by atoms with Crippen LogP contribution in [-0.4, -0.2) is 41.7 Å². The lowest BCUT2D eigenvalue weighted by Gasteiger charge is -2.34. The van der Waals surface area contributed by atoms with Gasteiger partial charge in [-0.15, -0.1) is 11.6 Å². The third-order valence-electron chi connectivity index (χ3n) is 4.04. The van der Waals surface area contributed by atoms with E-state index in [1.807, 2.05) is 4.90 Å². The molecule has 2 amide bonds. The van der Waals surface area contributed by atoms with E-state index >= 15 is 0 Å². The molecule has 1 aliphatic rings. The number of hydrogen-bond acceptors (Lipinski definition) is 2. The van der Waals surface area contributed by atoms with Crippen molar-refractivity contribution in [2.75, 3.05) is 19.0 Å². The molecule has 20 heavy (non-hydrogen) atoms. The molecular weight excluding hydrogens is 276 g/mol. The standard InChI is InChI=1S/C15H27ClN2O2/c1-3-12(4-2)15(20)18-10-7-13(8-11-18)17-14(19)6-5-9-16/h12-13H,3-11H2,1-2H3,(H,17,19). The van der Waals surface area contributed by atoms with E-state index in [0.29, 0.717) is 12.3 Å². The summed E-state index contributed by atoms with van der Waals surface area (Å²) in [4.78, 5) is 25.8. The van der Waals surface area contributed by atoms with Gasteiger partial charge in [-0.05, 0) is 32.1 Å². The fourth-order valence-corrected chi connectivity index (χ4v) is 2.80. The molecular formula is C15H27ClN2O2. The summed E-state index contributed by atoms with van der Waals surface area (Å²) in [5, 5.41) is 3.03. The molecule has 0 aromatic carbocycles. The molecule has 0 aromatic rings. The van der Waals surface area contributed by atoms with E-state index in [2.05, 4.69) is 19.2 Å². The van der Waals surface area contributed by atoms with E-state index in [9.17, 15) is 9.59 Å². The Labute approximate surface area is 127 Å². The minimum atomic E-state index is 0.0791. The first-order valence-corrected chi connectivity index (χ1v) is 8.29. The zero-order valence-corrected chi connectivity index (χ0v) is 13.4. The van der Waals surface area contributed by atoms with Crippen LogP contribution in [0.1, 0.15) is 52.4 Å². The number of amides is 2. The zero-order chi connectivity index (χ0) is 15.0. The maximum atomic E-state index is 12.3. The van der Waals surface area contributed by atoms with Gasteiger partial charge < -0.3 is 10.2 Å². The maximum Gasteiger partial charge on any atom is 0.225 e. The summed E-state index contributed by atoms with van der Waals surface area (Å²) in [6, 6.07) is 0.212. The van der Waals surface area contributed by atoms with E-state index < -0.39 is 0 Å². The summed E-state index contributed by atoms with van der Waals surface area (Å²) < 4.78 is 0. The van der Waals surface area contributed by atoms with Crippen molar-refractivity contribution in [2.45, 2.75) is 58.4 Å². The summed E-state index contributed by atoms with van der Waals surface area (Å²) in [5.41, 5.74) is 0. The first-order chi connectivity index (χ1) is 9.62. The molecule has 0 aromatic heterocycles. The molecule has 116 valence electrons. The molecule has 5 heteroatoms. The van der Waals surface area contributed by atoms with Crippen molar-refractivity contribution >= 4 is 23.4 Å². The van der Waals surface area contributed by atoms with E-state index in [4.69, 9.17) is 11.6 Å². The van der Waals surface area contributed by atoms with Crippen LogP contribution >= 0.6 is 11.6 Å². The first-order valence-electron chi connectivity index (χ1n) is 7.76. The predicted molar refractivity (Wildman–Crippen MR) is 81.8 cm³/mol. The zero-order valence-electron chi connectivity index (χ0n) is 12.7. The monoisotopic (exact) mass is 302 g/mol. The molecule has 1 fully saturated rings. The number of nitrogens with zero attached hydrogens (tertiary/aromatic N) is 1. The maximum absolute atomic E-state index is 12.3. The highest BCUT2D eigenvalue weighted by Crippen LogP contribution is 2.17. The Kier molecular flexibility index (Phi) is 7.97. The molecule has 1 heterocycles. The Balaban J connectivity index is 2.32. The average molecular weight is 303 g/mol. The third-order valence-corrected chi connectivity index (χ3v) is 4.31. The van der Waals surface area contributed by atoms with E-state index in [-0.39, 0.29) is 23.8 Å². The van der Waals surface area contributed by atoms with Crippen LogP contribution in [-0.2, 0) is 9.59 Å². The fourth-order valence-electron chi connectivity index (χ4n) is 2.67. The Morgan fingerprint density at radius 3 is 2.35 bits per heavy atom. The Bertz CT molecular complexity index is 311. The van der Waals surface area contributed by atoms with Gasteiger partial charge >= 0.3 is 0 Å². The molecule has 4 nitrogen and oxygen atoms in total. The predicted octanol–water partition coefficient (Wildman–Crippen LogP) is 2.55. The smallest absolute Gasteiger partial charge is 0.225 e. The van der Waals surface area contributed by atoms with Crippen molar-refractivity contribution in [1.29, 1.82) is 0 Å². The molecule has 0 unspecified atom stereocenters. The van der Waals surface area contributed by atoms with E-state index in [0.717, 1.165) is 45.2 Å². The van der Waals surface area contributed by atoms with Crippen LogP contribution in [0.2, 0.25) is 0 Å². The lowest BCUT2D eigenvalue weighted by atomic mass is 9.98. The lowest BCUT2D eigenvalue weighted by molar-refractivity contribution is -0.137. The number of carbonyl (C=O) groups is 2. The van der Waals surface area contributed by atoms with Crippen molar-refractivity contribution in [3.63, 3.8) is 0 Å². The summed E-state index contributed by atoms with van der Waals surface area (Å²) >= 11 is 5.58. The van der Waals surface area contributed by atoms with Gasteiger partial charge in [-0.2, -0.15) is 0 Å². The van der Waals surface area contributed by atoms with Gasteiger partial charge in [0.1, 0.15) is 0 Å².